The van der Waals surface area contributed by atoms with Crippen LogP contribution in [0.4, 0.5) is 4.39 Å². The summed E-state index contributed by atoms with van der Waals surface area (Å²) in [7, 11) is -3.79. The summed E-state index contributed by atoms with van der Waals surface area (Å²) in [6.07, 6.45) is 2.59. The van der Waals surface area contributed by atoms with Crippen LogP contribution in [0.5, 0.6) is 0 Å². The lowest BCUT2D eigenvalue weighted by Gasteiger charge is -2.32. The first kappa shape index (κ1) is 16.8. The van der Waals surface area contributed by atoms with E-state index in [0.29, 0.717) is 37.7 Å². The van der Waals surface area contributed by atoms with E-state index in [9.17, 15) is 12.8 Å². The van der Waals surface area contributed by atoms with Crippen molar-refractivity contribution in [2.45, 2.75) is 43.2 Å². The van der Waals surface area contributed by atoms with Crippen LogP contribution in [0.1, 0.15) is 24.8 Å². The van der Waals surface area contributed by atoms with Crippen LogP contribution >= 0.6 is 0 Å². The maximum Gasteiger partial charge on any atom is 0.241 e. The molecule has 2 fully saturated rings. The Morgan fingerprint density at radius 3 is 2.87 bits per heavy atom. The SMILES string of the molecule is Cc1ccc(F)cc1S(=O)(=O)N[C@@H]1CCOC[C@H]1OCC1CC1. The van der Waals surface area contributed by atoms with Gasteiger partial charge in [-0.05, 0) is 49.8 Å². The minimum atomic E-state index is -3.79. The predicted octanol–water partition coefficient (Wildman–Crippen LogP) is 2.00. The number of sulfonamides is 1. The lowest BCUT2D eigenvalue weighted by molar-refractivity contribution is -0.0672. The van der Waals surface area contributed by atoms with Gasteiger partial charge < -0.3 is 9.47 Å². The first-order valence-corrected chi connectivity index (χ1v) is 9.42. The lowest BCUT2D eigenvalue weighted by atomic mass is 10.1. The van der Waals surface area contributed by atoms with Gasteiger partial charge in [0.25, 0.3) is 0 Å². The Labute approximate surface area is 136 Å². The number of rotatable bonds is 6. The fourth-order valence-corrected chi connectivity index (χ4v) is 4.24. The Hall–Kier alpha value is -1.02. The molecule has 0 spiro atoms. The molecule has 128 valence electrons. The zero-order chi connectivity index (χ0) is 16.4. The van der Waals surface area contributed by atoms with E-state index in [1.165, 1.54) is 25.0 Å². The van der Waals surface area contributed by atoms with E-state index in [2.05, 4.69) is 4.72 Å². The maximum absolute atomic E-state index is 13.4. The van der Waals surface area contributed by atoms with E-state index in [0.717, 1.165) is 6.07 Å². The Kier molecular flexibility index (Phi) is 5.01. The van der Waals surface area contributed by atoms with Crippen LogP contribution in [0.25, 0.3) is 0 Å². The molecule has 1 aliphatic heterocycles. The van der Waals surface area contributed by atoms with Crippen molar-refractivity contribution in [3.05, 3.63) is 29.6 Å². The fraction of sp³-hybridized carbons (Fsp3) is 0.625. The summed E-state index contributed by atoms with van der Waals surface area (Å²) in [6.45, 7) is 3.16. The van der Waals surface area contributed by atoms with Crippen LogP contribution in [0.2, 0.25) is 0 Å². The van der Waals surface area contributed by atoms with Crippen LogP contribution < -0.4 is 4.72 Å². The molecule has 0 aromatic heterocycles. The molecular formula is C16H22FNO4S. The number of ether oxygens (including phenoxy) is 2. The van der Waals surface area contributed by atoms with Gasteiger partial charge in [0.1, 0.15) is 5.82 Å². The standard InChI is InChI=1S/C16H22FNO4S/c1-11-2-5-13(17)8-16(11)23(19,20)18-14-6-7-21-10-15(14)22-9-12-3-4-12/h2,5,8,12,14-15,18H,3-4,6-7,9-10H2,1H3/t14-,15-/m1/s1. The molecule has 0 bridgehead atoms. The second-order valence-electron chi connectivity index (χ2n) is 6.32. The second-order valence-corrected chi connectivity index (χ2v) is 8.00. The van der Waals surface area contributed by atoms with Crippen molar-refractivity contribution in [3.63, 3.8) is 0 Å². The molecule has 0 radical (unpaired) electrons. The van der Waals surface area contributed by atoms with Gasteiger partial charge in [0, 0.05) is 13.2 Å². The van der Waals surface area contributed by atoms with Crippen molar-refractivity contribution >= 4 is 10.0 Å². The molecule has 2 atom stereocenters. The largest absolute Gasteiger partial charge is 0.379 e. The van der Waals surface area contributed by atoms with Gasteiger partial charge >= 0.3 is 0 Å². The Bertz CT molecular complexity index is 660. The Morgan fingerprint density at radius 1 is 1.35 bits per heavy atom. The molecule has 0 amide bonds. The second kappa shape index (κ2) is 6.84. The molecule has 1 saturated heterocycles. The third-order valence-corrected chi connectivity index (χ3v) is 5.93. The number of aryl methyl sites for hydroxylation is 1. The van der Waals surface area contributed by atoms with E-state index < -0.39 is 15.8 Å². The number of hydrogen-bond acceptors (Lipinski definition) is 4. The summed E-state index contributed by atoms with van der Waals surface area (Å²) < 4.78 is 52.5. The first-order valence-electron chi connectivity index (χ1n) is 7.93. The molecular weight excluding hydrogens is 321 g/mol. The zero-order valence-electron chi connectivity index (χ0n) is 13.1. The van der Waals surface area contributed by atoms with E-state index >= 15 is 0 Å². The van der Waals surface area contributed by atoms with Crippen LogP contribution in [0.3, 0.4) is 0 Å². The Balaban J connectivity index is 1.72. The highest BCUT2D eigenvalue weighted by atomic mass is 32.2. The quantitative estimate of drug-likeness (QED) is 0.858. The van der Waals surface area contributed by atoms with Gasteiger partial charge in [-0.3, -0.25) is 0 Å². The molecule has 1 saturated carbocycles. The van der Waals surface area contributed by atoms with Crippen LogP contribution in [-0.4, -0.2) is 40.4 Å². The zero-order valence-corrected chi connectivity index (χ0v) is 13.9. The van der Waals surface area contributed by atoms with Crippen LogP contribution in [-0.2, 0) is 19.5 Å². The summed E-state index contributed by atoms with van der Waals surface area (Å²) >= 11 is 0. The molecule has 23 heavy (non-hydrogen) atoms. The fourth-order valence-electron chi connectivity index (χ4n) is 2.68. The summed E-state index contributed by atoms with van der Waals surface area (Å²) in [5, 5.41) is 0. The average molecular weight is 343 g/mol. The highest BCUT2D eigenvalue weighted by Crippen LogP contribution is 2.30. The molecule has 1 aromatic carbocycles. The number of benzene rings is 1. The summed E-state index contributed by atoms with van der Waals surface area (Å²) in [4.78, 5) is -0.0232. The third kappa shape index (κ3) is 4.29. The monoisotopic (exact) mass is 343 g/mol. The summed E-state index contributed by atoms with van der Waals surface area (Å²) in [5.74, 6) is 0.0316. The van der Waals surface area contributed by atoms with Crippen molar-refractivity contribution < 1.29 is 22.3 Å². The van der Waals surface area contributed by atoms with Gasteiger partial charge in [-0.1, -0.05) is 6.07 Å². The van der Waals surface area contributed by atoms with Gasteiger partial charge in [-0.2, -0.15) is 0 Å². The molecule has 1 N–H and O–H groups in total. The minimum Gasteiger partial charge on any atom is -0.379 e. The molecule has 1 heterocycles. The normalized spacial score (nSPS) is 25.5. The van der Waals surface area contributed by atoms with Gasteiger partial charge in [0.2, 0.25) is 10.0 Å². The first-order chi connectivity index (χ1) is 11.0. The van der Waals surface area contributed by atoms with E-state index in [-0.39, 0.29) is 17.0 Å². The smallest absolute Gasteiger partial charge is 0.241 e. The highest BCUT2D eigenvalue weighted by molar-refractivity contribution is 7.89. The van der Waals surface area contributed by atoms with Crippen LogP contribution in [0, 0.1) is 18.7 Å². The number of hydrogen-bond donors (Lipinski definition) is 1. The van der Waals surface area contributed by atoms with Crippen molar-refractivity contribution in [1.29, 1.82) is 0 Å². The van der Waals surface area contributed by atoms with Crippen molar-refractivity contribution in [1.82, 2.24) is 4.72 Å². The summed E-state index contributed by atoms with van der Waals surface area (Å²) in [6, 6.07) is 3.42. The van der Waals surface area contributed by atoms with Gasteiger partial charge in [-0.25, -0.2) is 17.5 Å². The minimum absolute atomic E-state index is 0.0232. The third-order valence-electron chi connectivity index (χ3n) is 4.29. The van der Waals surface area contributed by atoms with Gasteiger partial charge in [0.15, 0.2) is 0 Å². The molecule has 1 aromatic rings. The lowest BCUT2D eigenvalue weighted by Crippen LogP contribution is -2.50. The molecule has 5 nitrogen and oxygen atoms in total. The Morgan fingerprint density at radius 2 is 2.13 bits per heavy atom. The average Bonchev–Trinajstić information content (AvgIpc) is 3.33. The van der Waals surface area contributed by atoms with Gasteiger partial charge in [-0.15, -0.1) is 0 Å². The number of halogens is 1. The van der Waals surface area contributed by atoms with Crippen molar-refractivity contribution in [2.75, 3.05) is 19.8 Å². The van der Waals surface area contributed by atoms with E-state index in [1.807, 2.05) is 0 Å². The van der Waals surface area contributed by atoms with E-state index in [1.54, 1.807) is 6.92 Å². The van der Waals surface area contributed by atoms with Crippen molar-refractivity contribution in [3.8, 4) is 0 Å². The van der Waals surface area contributed by atoms with Crippen molar-refractivity contribution in [2.24, 2.45) is 5.92 Å². The molecule has 1 aliphatic carbocycles. The topological polar surface area (TPSA) is 64.6 Å². The number of nitrogens with one attached hydrogen (secondary N) is 1. The molecule has 2 aliphatic rings. The van der Waals surface area contributed by atoms with Crippen LogP contribution in [0.15, 0.2) is 23.1 Å². The maximum atomic E-state index is 13.4. The highest BCUT2D eigenvalue weighted by Gasteiger charge is 2.33. The summed E-state index contributed by atoms with van der Waals surface area (Å²) in [5.41, 5.74) is 0.515. The molecule has 7 heteroatoms. The predicted molar refractivity (Wildman–Crippen MR) is 83.1 cm³/mol. The molecule has 3 rings (SSSR count). The molecule has 0 unspecified atom stereocenters. The van der Waals surface area contributed by atoms with E-state index in [4.69, 9.17) is 9.47 Å². The van der Waals surface area contributed by atoms with Gasteiger partial charge in [0.05, 0.1) is 23.6 Å².